The van der Waals surface area contributed by atoms with E-state index in [1.165, 1.54) is 6.42 Å². The van der Waals surface area contributed by atoms with Gasteiger partial charge in [0.15, 0.2) is 6.29 Å². The standard InChI is InChI=1S/C10H18O3/c11-9-5-4-8(13-9)10(12)6-2-1-3-7-10/h8-9,11-12H,1-7H2. The Labute approximate surface area is 78.7 Å². The molecule has 0 bridgehead atoms. The van der Waals surface area contributed by atoms with Crippen LogP contribution in [0.4, 0.5) is 0 Å². The Morgan fingerprint density at radius 3 is 2.31 bits per heavy atom. The van der Waals surface area contributed by atoms with Crippen LogP contribution in [0.3, 0.4) is 0 Å². The van der Waals surface area contributed by atoms with Gasteiger partial charge < -0.3 is 14.9 Å². The fourth-order valence-electron chi connectivity index (χ4n) is 2.50. The average molecular weight is 186 g/mol. The van der Waals surface area contributed by atoms with Crippen LogP contribution >= 0.6 is 0 Å². The summed E-state index contributed by atoms with van der Waals surface area (Å²) in [5.41, 5.74) is -0.643. The topological polar surface area (TPSA) is 49.7 Å². The van der Waals surface area contributed by atoms with Crippen molar-refractivity contribution in [2.24, 2.45) is 0 Å². The van der Waals surface area contributed by atoms with E-state index < -0.39 is 11.9 Å². The predicted molar refractivity (Wildman–Crippen MR) is 48.1 cm³/mol. The minimum Gasteiger partial charge on any atom is -0.387 e. The van der Waals surface area contributed by atoms with Gasteiger partial charge >= 0.3 is 0 Å². The molecule has 0 radical (unpaired) electrons. The van der Waals surface area contributed by atoms with Crippen LogP contribution in [0.15, 0.2) is 0 Å². The van der Waals surface area contributed by atoms with Gasteiger partial charge in [-0.05, 0) is 19.3 Å². The molecule has 1 saturated carbocycles. The first-order chi connectivity index (χ1) is 6.21. The summed E-state index contributed by atoms with van der Waals surface area (Å²) in [7, 11) is 0. The SMILES string of the molecule is OC1CCC(C2(O)CCCCC2)O1. The lowest BCUT2D eigenvalue weighted by Gasteiger charge is -2.36. The molecule has 0 amide bonds. The maximum absolute atomic E-state index is 10.3. The van der Waals surface area contributed by atoms with Crippen molar-refractivity contribution >= 4 is 0 Å². The molecule has 2 atom stereocenters. The van der Waals surface area contributed by atoms with Gasteiger partial charge in [0.25, 0.3) is 0 Å². The van der Waals surface area contributed by atoms with E-state index in [1.807, 2.05) is 0 Å². The fraction of sp³-hybridized carbons (Fsp3) is 1.00. The van der Waals surface area contributed by atoms with E-state index in [0.29, 0.717) is 6.42 Å². The second-order valence-corrected chi connectivity index (χ2v) is 4.32. The summed E-state index contributed by atoms with van der Waals surface area (Å²) in [6, 6.07) is 0. The summed E-state index contributed by atoms with van der Waals surface area (Å²) in [6.45, 7) is 0. The molecular formula is C10H18O3. The lowest BCUT2D eigenvalue weighted by Crippen LogP contribution is -2.43. The second kappa shape index (κ2) is 3.56. The van der Waals surface area contributed by atoms with Crippen molar-refractivity contribution in [3.8, 4) is 0 Å². The highest BCUT2D eigenvalue weighted by Gasteiger charge is 2.42. The second-order valence-electron chi connectivity index (χ2n) is 4.32. The average Bonchev–Trinajstić information content (AvgIpc) is 2.54. The van der Waals surface area contributed by atoms with Gasteiger partial charge in [-0.3, -0.25) is 0 Å². The Hall–Kier alpha value is -0.120. The van der Waals surface area contributed by atoms with Crippen LogP contribution in [0.5, 0.6) is 0 Å². The molecule has 0 aromatic rings. The molecule has 0 aromatic heterocycles. The summed E-state index contributed by atoms with van der Waals surface area (Å²) in [5.74, 6) is 0. The molecule has 2 N–H and O–H groups in total. The van der Waals surface area contributed by atoms with Crippen LogP contribution in [0.25, 0.3) is 0 Å². The van der Waals surface area contributed by atoms with Crippen LogP contribution in [-0.4, -0.2) is 28.2 Å². The maximum Gasteiger partial charge on any atom is 0.155 e. The zero-order valence-corrected chi connectivity index (χ0v) is 7.91. The first-order valence-corrected chi connectivity index (χ1v) is 5.27. The molecule has 1 saturated heterocycles. The summed E-state index contributed by atoms with van der Waals surface area (Å²) < 4.78 is 5.31. The molecule has 1 aliphatic carbocycles. The van der Waals surface area contributed by atoms with Gasteiger partial charge in [0.2, 0.25) is 0 Å². The maximum atomic E-state index is 10.3. The van der Waals surface area contributed by atoms with Crippen LogP contribution in [0, 0.1) is 0 Å². The smallest absolute Gasteiger partial charge is 0.155 e. The molecule has 0 aromatic carbocycles. The number of ether oxygens (including phenoxy) is 1. The molecule has 13 heavy (non-hydrogen) atoms. The molecule has 1 heterocycles. The van der Waals surface area contributed by atoms with Crippen molar-refractivity contribution in [3.05, 3.63) is 0 Å². The number of aliphatic hydroxyl groups is 2. The van der Waals surface area contributed by atoms with Gasteiger partial charge in [-0.2, -0.15) is 0 Å². The first kappa shape index (κ1) is 9.44. The molecule has 2 fully saturated rings. The summed E-state index contributed by atoms with van der Waals surface area (Å²) >= 11 is 0. The molecule has 0 spiro atoms. The van der Waals surface area contributed by atoms with Crippen molar-refractivity contribution in [2.45, 2.75) is 62.9 Å². The number of hydrogen-bond donors (Lipinski definition) is 2. The minimum absolute atomic E-state index is 0.122. The zero-order chi connectivity index (χ0) is 9.31. The van der Waals surface area contributed by atoms with Crippen molar-refractivity contribution < 1.29 is 14.9 Å². The van der Waals surface area contributed by atoms with Gasteiger partial charge in [0.1, 0.15) is 0 Å². The van der Waals surface area contributed by atoms with Gasteiger partial charge in [-0.1, -0.05) is 19.3 Å². The van der Waals surface area contributed by atoms with E-state index >= 15 is 0 Å². The van der Waals surface area contributed by atoms with Gasteiger partial charge in [-0.15, -0.1) is 0 Å². The van der Waals surface area contributed by atoms with E-state index in [0.717, 1.165) is 32.1 Å². The first-order valence-electron chi connectivity index (χ1n) is 5.27. The lowest BCUT2D eigenvalue weighted by molar-refractivity contribution is -0.166. The van der Waals surface area contributed by atoms with E-state index in [2.05, 4.69) is 0 Å². The Morgan fingerprint density at radius 2 is 1.77 bits per heavy atom. The monoisotopic (exact) mass is 186 g/mol. The lowest BCUT2D eigenvalue weighted by atomic mass is 9.80. The molecule has 3 heteroatoms. The number of hydrogen-bond acceptors (Lipinski definition) is 3. The predicted octanol–water partition coefficient (Wildman–Crippen LogP) is 1.18. The quantitative estimate of drug-likeness (QED) is 0.646. The van der Waals surface area contributed by atoms with E-state index in [9.17, 15) is 10.2 Å². The summed E-state index contributed by atoms with van der Waals surface area (Å²) in [5, 5.41) is 19.5. The normalized spacial score (nSPS) is 39.2. The zero-order valence-electron chi connectivity index (χ0n) is 7.91. The highest BCUT2D eigenvalue weighted by Crippen LogP contribution is 2.37. The van der Waals surface area contributed by atoms with E-state index in [1.54, 1.807) is 0 Å². The van der Waals surface area contributed by atoms with E-state index in [4.69, 9.17) is 4.74 Å². The molecule has 1 aliphatic heterocycles. The summed E-state index contributed by atoms with van der Waals surface area (Å²) in [4.78, 5) is 0. The third-order valence-electron chi connectivity index (χ3n) is 3.32. The molecule has 3 nitrogen and oxygen atoms in total. The Morgan fingerprint density at radius 1 is 1.08 bits per heavy atom. The van der Waals surface area contributed by atoms with Crippen LogP contribution in [0.2, 0.25) is 0 Å². The third-order valence-corrected chi connectivity index (χ3v) is 3.32. The molecule has 2 aliphatic rings. The number of aliphatic hydroxyl groups excluding tert-OH is 1. The van der Waals surface area contributed by atoms with Gasteiger partial charge in [0.05, 0.1) is 11.7 Å². The molecule has 76 valence electrons. The van der Waals surface area contributed by atoms with Crippen molar-refractivity contribution in [3.63, 3.8) is 0 Å². The van der Waals surface area contributed by atoms with Crippen LogP contribution in [0.1, 0.15) is 44.9 Å². The Balaban J connectivity index is 1.97. The highest BCUT2D eigenvalue weighted by molar-refractivity contribution is 4.92. The van der Waals surface area contributed by atoms with Crippen molar-refractivity contribution in [2.75, 3.05) is 0 Å². The van der Waals surface area contributed by atoms with Crippen LogP contribution in [-0.2, 0) is 4.74 Å². The molecule has 2 unspecified atom stereocenters. The van der Waals surface area contributed by atoms with Crippen LogP contribution < -0.4 is 0 Å². The highest BCUT2D eigenvalue weighted by atomic mass is 16.6. The third kappa shape index (κ3) is 1.87. The minimum atomic E-state index is -0.643. The van der Waals surface area contributed by atoms with Gasteiger partial charge in [-0.25, -0.2) is 0 Å². The van der Waals surface area contributed by atoms with Crippen molar-refractivity contribution in [1.82, 2.24) is 0 Å². The Kier molecular flexibility index (Phi) is 2.58. The number of rotatable bonds is 1. The molecule has 2 rings (SSSR count). The largest absolute Gasteiger partial charge is 0.387 e. The summed E-state index contributed by atoms with van der Waals surface area (Å²) in [6.07, 6.45) is 5.79. The van der Waals surface area contributed by atoms with Gasteiger partial charge in [0, 0.05) is 6.42 Å². The van der Waals surface area contributed by atoms with Crippen molar-refractivity contribution in [1.29, 1.82) is 0 Å². The Bertz CT molecular complexity index is 175. The van der Waals surface area contributed by atoms with E-state index in [-0.39, 0.29) is 6.10 Å². The fourth-order valence-corrected chi connectivity index (χ4v) is 2.50. The molecular weight excluding hydrogens is 168 g/mol.